The summed E-state index contributed by atoms with van der Waals surface area (Å²) in [6, 6.07) is 7.04. The smallest absolute Gasteiger partial charge is 0.243 e. The second-order valence-corrected chi connectivity index (χ2v) is 10.4. The average Bonchev–Trinajstić information content (AvgIpc) is 2.61. The van der Waals surface area contributed by atoms with Crippen LogP contribution in [0.25, 0.3) is 0 Å². The van der Waals surface area contributed by atoms with E-state index in [9.17, 15) is 16.8 Å². The molecule has 1 fully saturated rings. The van der Waals surface area contributed by atoms with Crippen LogP contribution in [0.5, 0.6) is 0 Å². The summed E-state index contributed by atoms with van der Waals surface area (Å²) < 4.78 is 51.5. The molecule has 1 heterocycles. The fourth-order valence-electron chi connectivity index (χ4n) is 3.21. The first-order chi connectivity index (χ1) is 12.2. The van der Waals surface area contributed by atoms with E-state index < -0.39 is 20.0 Å². The third-order valence-corrected chi connectivity index (χ3v) is 7.55. The summed E-state index contributed by atoms with van der Waals surface area (Å²) in [6.07, 6.45) is 2.99. The van der Waals surface area contributed by atoms with Gasteiger partial charge in [-0.05, 0) is 43.0 Å². The Morgan fingerprint density at radius 3 is 2.04 bits per heavy atom. The molecule has 0 aliphatic carbocycles. The second kappa shape index (κ2) is 8.69. The van der Waals surface area contributed by atoms with Gasteiger partial charge in [-0.25, -0.2) is 21.6 Å². The molecule has 26 heavy (non-hydrogen) atoms. The van der Waals surface area contributed by atoms with Crippen LogP contribution in [0.2, 0.25) is 0 Å². The Bertz CT molecular complexity index is 780. The molecule has 0 amide bonds. The number of nitrogens with zero attached hydrogens (tertiary/aromatic N) is 2. The SMILES string of the molecule is CCN(CC)S(=O)(=O)c1ccc(N2CCC(CNS(C)(=O)=O)CC2)cc1. The van der Waals surface area contributed by atoms with E-state index in [1.54, 1.807) is 12.1 Å². The van der Waals surface area contributed by atoms with Crippen LogP contribution >= 0.6 is 0 Å². The van der Waals surface area contributed by atoms with Gasteiger partial charge in [-0.15, -0.1) is 0 Å². The molecule has 1 aliphatic rings. The lowest BCUT2D eigenvalue weighted by atomic mass is 9.97. The maximum absolute atomic E-state index is 12.5. The van der Waals surface area contributed by atoms with E-state index in [0.717, 1.165) is 31.6 Å². The number of hydrogen-bond acceptors (Lipinski definition) is 5. The molecule has 1 saturated heterocycles. The highest BCUT2D eigenvalue weighted by Gasteiger charge is 2.23. The van der Waals surface area contributed by atoms with E-state index in [4.69, 9.17) is 0 Å². The summed E-state index contributed by atoms with van der Waals surface area (Å²) in [5.74, 6) is 0.336. The van der Waals surface area contributed by atoms with Crippen LogP contribution in [-0.4, -0.2) is 60.1 Å². The zero-order valence-corrected chi connectivity index (χ0v) is 17.3. The van der Waals surface area contributed by atoms with Gasteiger partial charge in [0.1, 0.15) is 0 Å². The summed E-state index contributed by atoms with van der Waals surface area (Å²) >= 11 is 0. The van der Waals surface area contributed by atoms with Crippen molar-refractivity contribution in [1.82, 2.24) is 9.03 Å². The van der Waals surface area contributed by atoms with Gasteiger partial charge in [0, 0.05) is 38.4 Å². The standard InChI is InChI=1S/C17H29N3O4S2/c1-4-20(5-2)26(23,24)17-8-6-16(7-9-17)19-12-10-15(11-13-19)14-18-25(3,21)22/h6-9,15,18H,4-5,10-14H2,1-3H3. The summed E-state index contributed by atoms with van der Waals surface area (Å²) in [5, 5.41) is 0. The minimum absolute atomic E-state index is 0.317. The molecule has 9 heteroatoms. The number of benzene rings is 1. The van der Waals surface area contributed by atoms with Gasteiger partial charge in [0.2, 0.25) is 20.0 Å². The predicted molar refractivity (Wildman–Crippen MR) is 104 cm³/mol. The van der Waals surface area contributed by atoms with E-state index in [-0.39, 0.29) is 0 Å². The first-order valence-corrected chi connectivity index (χ1v) is 12.3. The van der Waals surface area contributed by atoms with Crippen molar-refractivity contribution in [3.63, 3.8) is 0 Å². The topological polar surface area (TPSA) is 86.8 Å². The fourth-order valence-corrected chi connectivity index (χ4v) is 5.20. The lowest BCUT2D eigenvalue weighted by Gasteiger charge is -2.33. The minimum atomic E-state index is -3.43. The molecule has 1 aromatic carbocycles. The Labute approximate surface area is 157 Å². The zero-order chi connectivity index (χ0) is 19.4. The number of hydrogen-bond donors (Lipinski definition) is 1. The van der Waals surface area contributed by atoms with Crippen molar-refractivity contribution in [2.75, 3.05) is 43.9 Å². The van der Waals surface area contributed by atoms with Gasteiger partial charge in [0.15, 0.2) is 0 Å². The van der Waals surface area contributed by atoms with E-state index in [2.05, 4.69) is 9.62 Å². The highest BCUT2D eigenvalue weighted by atomic mass is 32.2. The number of rotatable bonds is 8. The molecule has 0 unspecified atom stereocenters. The molecule has 1 aromatic rings. The Balaban J connectivity index is 1.98. The Hall–Kier alpha value is -1.16. The maximum atomic E-state index is 12.5. The van der Waals surface area contributed by atoms with Crippen molar-refractivity contribution in [1.29, 1.82) is 0 Å². The fraction of sp³-hybridized carbons (Fsp3) is 0.647. The zero-order valence-electron chi connectivity index (χ0n) is 15.7. The van der Waals surface area contributed by atoms with Gasteiger partial charge in [-0.1, -0.05) is 13.8 Å². The summed E-state index contributed by atoms with van der Waals surface area (Å²) in [6.45, 7) is 6.71. The van der Waals surface area contributed by atoms with Crippen LogP contribution in [0.15, 0.2) is 29.2 Å². The molecular weight excluding hydrogens is 374 g/mol. The molecule has 1 N–H and O–H groups in total. The van der Waals surface area contributed by atoms with Crippen molar-refractivity contribution in [2.45, 2.75) is 31.6 Å². The Morgan fingerprint density at radius 2 is 1.58 bits per heavy atom. The van der Waals surface area contributed by atoms with Gasteiger partial charge < -0.3 is 4.90 Å². The van der Waals surface area contributed by atoms with Crippen molar-refractivity contribution in [2.24, 2.45) is 5.92 Å². The largest absolute Gasteiger partial charge is 0.372 e. The molecular formula is C17H29N3O4S2. The normalized spacial score (nSPS) is 17.0. The first kappa shape index (κ1) is 21.1. The molecule has 0 spiro atoms. The van der Waals surface area contributed by atoms with Crippen LogP contribution in [0.4, 0.5) is 5.69 Å². The monoisotopic (exact) mass is 403 g/mol. The van der Waals surface area contributed by atoms with Gasteiger partial charge in [0.05, 0.1) is 11.2 Å². The van der Waals surface area contributed by atoms with Crippen LogP contribution < -0.4 is 9.62 Å². The molecule has 1 aliphatic heterocycles. The third-order valence-electron chi connectivity index (χ3n) is 4.79. The number of sulfonamides is 2. The summed E-state index contributed by atoms with van der Waals surface area (Å²) in [4.78, 5) is 2.53. The summed E-state index contributed by atoms with van der Waals surface area (Å²) in [7, 11) is -6.57. The molecule has 0 atom stereocenters. The molecule has 0 aromatic heterocycles. The van der Waals surface area contributed by atoms with Crippen molar-refractivity contribution in [3.8, 4) is 0 Å². The molecule has 0 radical (unpaired) electrons. The highest BCUT2D eigenvalue weighted by Crippen LogP contribution is 2.25. The average molecular weight is 404 g/mol. The van der Waals surface area contributed by atoms with Gasteiger partial charge in [0.25, 0.3) is 0 Å². The van der Waals surface area contributed by atoms with Crippen molar-refractivity contribution < 1.29 is 16.8 Å². The van der Waals surface area contributed by atoms with Crippen molar-refractivity contribution in [3.05, 3.63) is 24.3 Å². The predicted octanol–water partition coefficient (Wildman–Crippen LogP) is 1.48. The molecule has 0 saturated carbocycles. The van der Waals surface area contributed by atoms with Crippen LogP contribution in [-0.2, 0) is 20.0 Å². The number of anilines is 1. The molecule has 7 nitrogen and oxygen atoms in total. The number of nitrogens with one attached hydrogen (secondary N) is 1. The molecule has 148 valence electrons. The first-order valence-electron chi connectivity index (χ1n) is 8.97. The van der Waals surface area contributed by atoms with Crippen molar-refractivity contribution >= 4 is 25.7 Å². The van der Waals surface area contributed by atoms with E-state index >= 15 is 0 Å². The maximum Gasteiger partial charge on any atom is 0.243 e. The highest BCUT2D eigenvalue weighted by molar-refractivity contribution is 7.89. The van der Waals surface area contributed by atoms with E-state index in [1.165, 1.54) is 10.6 Å². The van der Waals surface area contributed by atoms with Gasteiger partial charge in [-0.2, -0.15) is 4.31 Å². The lowest BCUT2D eigenvalue weighted by molar-refractivity contribution is 0.402. The number of piperidine rings is 1. The van der Waals surface area contributed by atoms with Crippen LogP contribution in [0.1, 0.15) is 26.7 Å². The third kappa shape index (κ3) is 5.42. The van der Waals surface area contributed by atoms with E-state index in [0.29, 0.717) is 30.4 Å². The van der Waals surface area contributed by atoms with E-state index in [1.807, 2.05) is 26.0 Å². The quantitative estimate of drug-likeness (QED) is 0.710. The Morgan fingerprint density at radius 1 is 1.04 bits per heavy atom. The molecule has 2 rings (SSSR count). The van der Waals surface area contributed by atoms with Crippen LogP contribution in [0, 0.1) is 5.92 Å². The minimum Gasteiger partial charge on any atom is -0.372 e. The second-order valence-electron chi connectivity index (χ2n) is 6.63. The Kier molecular flexibility index (Phi) is 7.06. The van der Waals surface area contributed by atoms with Gasteiger partial charge in [-0.3, -0.25) is 0 Å². The molecule has 0 bridgehead atoms. The summed E-state index contributed by atoms with van der Waals surface area (Å²) in [5.41, 5.74) is 0.998. The van der Waals surface area contributed by atoms with Gasteiger partial charge >= 0.3 is 0 Å². The van der Waals surface area contributed by atoms with Crippen LogP contribution in [0.3, 0.4) is 0 Å². The lowest BCUT2D eigenvalue weighted by Crippen LogP contribution is -2.38.